The number of halogens is 1. The minimum Gasteiger partial charge on any atom is -0.310 e. The molecule has 0 aliphatic carbocycles. The largest absolute Gasteiger partial charge is 0.310 e. The number of benzene rings is 1. The quantitative estimate of drug-likeness (QED) is 0.795. The molecule has 1 saturated heterocycles. The summed E-state index contributed by atoms with van der Waals surface area (Å²) in [4.78, 5) is 17.6. The summed E-state index contributed by atoms with van der Waals surface area (Å²) in [5.41, 5.74) is 0.670. The lowest BCUT2D eigenvalue weighted by atomic mass is 10.1. The van der Waals surface area contributed by atoms with Gasteiger partial charge in [-0.15, -0.1) is 0 Å². The van der Waals surface area contributed by atoms with Crippen molar-refractivity contribution in [3.8, 4) is 0 Å². The summed E-state index contributed by atoms with van der Waals surface area (Å²) >= 11 is 0. The van der Waals surface area contributed by atoms with E-state index in [0.717, 1.165) is 10.8 Å². The maximum atomic E-state index is 12.1. The first-order valence-corrected chi connectivity index (χ1v) is 8.40. The summed E-state index contributed by atoms with van der Waals surface area (Å²) in [6.45, 7) is 0.0820. The van der Waals surface area contributed by atoms with Crippen molar-refractivity contribution in [2.75, 3.05) is 11.4 Å². The van der Waals surface area contributed by atoms with Crippen LogP contribution in [-0.4, -0.2) is 31.1 Å². The second-order valence-electron chi connectivity index (χ2n) is 4.68. The van der Waals surface area contributed by atoms with Crippen LogP contribution in [0, 0.1) is 0 Å². The van der Waals surface area contributed by atoms with Crippen LogP contribution in [0.1, 0.15) is 6.42 Å². The SMILES string of the molecule is O=C1CC(S(=O)(=O)Cl)CN1c1cccc2ccncc12. The average Bonchev–Trinajstić information content (AvgIpc) is 2.80. The fourth-order valence-corrected chi connectivity index (χ4v) is 3.46. The maximum Gasteiger partial charge on any atom is 0.237 e. The van der Waals surface area contributed by atoms with E-state index in [1.54, 1.807) is 18.5 Å². The molecule has 0 N–H and O–H groups in total. The molecule has 0 radical (unpaired) electrons. The van der Waals surface area contributed by atoms with E-state index >= 15 is 0 Å². The second kappa shape index (κ2) is 4.71. The zero-order valence-electron chi connectivity index (χ0n) is 10.4. The summed E-state index contributed by atoms with van der Waals surface area (Å²) in [5.74, 6) is -0.240. The lowest BCUT2D eigenvalue weighted by molar-refractivity contribution is -0.117. The summed E-state index contributed by atoms with van der Waals surface area (Å²) < 4.78 is 22.8. The molecule has 1 fully saturated rings. The number of nitrogens with zero attached hydrogens (tertiary/aromatic N) is 2. The second-order valence-corrected chi connectivity index (χ2v) is 7.59. The molecule has 1 aromatic heterocycles. The first kappa shape index (κ1) is 13.3. The topological polar surface area (TPSA) is 67.3 Å². The molecule has 1 aliphatic heterocycles. The molecule has 0 spiro atoms. The molecule has 0 bridgehead atoms. The van der Waals surface area contributed by atoms with Gasteiger partial charge in [-0.3, -0.25) is 9.78 Å². The van der Waals surface area contributed by atoms with Crippen molar-refractivity contribution < 1.29 is 13.2 Å². The van der Waals surface area contributed by atoms with Gasteiger partial charge in [0.15, 0.2) is 0 Å². The summed E-state index contributed by atoms with van der Waals surface area (Å²) in [7, 11) is 1.62. The highest BCUT2D eigenvalue weighted by molar-refractivity contribution is 8.14. The number of pyridine rings is 1. The predicted octanol–water partition coefficient (Wildman–Crippen LogP) is 1.91. The zero-order chi connectivity index (χ0) is 14.3. The van der Waals surface area contributed by atoms with Crippen LogP contribution >= 0.6 is 10.7 Å². The van der Waals surface area contributed by atoms with E-state index in [2.05, 4.69) is 4.98 Å². The lowest BCUT2D eigenvalue weighted by Crippen LogP contribution is -2.26. The summed E-state index contributed by atoms with van der Waals surface area (Å²) in [5, 5.41) is 0.905. The predicted molar refractivity (Wildman–Crippen MR) is 77.3 cm³/mol. The Morgan fingerprint density at radius 1 is 1.30 bits per heavy atom. The number of rotatable bonds is 2. The van der Waals surface area contributed by atoms with Gasteiger partial charge in [0, 0.05) is 41.4 Å². The molecule has 1 unspecified atom stereocenters. The Labute approximate surface area is 120 Å². The molecule has 0 saturated carbocycles. The smallest absolute Gasteiger partial charge is 0.237 e. The lowest BCUT2D eigenvalue weighted by Gasteiger charge is -2.18. The van der Waals surface area contributed by atoms with Crippen LogP contribution in [0.5, 0.6) is 0 Å². The molecular weight excluding hydrogens is 300 g/mol. The van der Waals surface area contributed by atoms with E-state index in [1.807, 2.05) is 18.2 Å². The third kappa shape index (κ3) is 2.25. The Balaban J connectivity index is 2.06. The van der Waals surface area contributed by atoms with Gasteiger partial charge in [-0.2, -0.15) is 0 Å². The highest BCUT2D eigenvalue weighted by Gasteiger charge is 2.38. The molecule has 1 aromatic carbocycles. The number of anilines is 1. The van der Waals surface area contributed by atoms with Crippen LogP contribution in [0.3, 0.4) is 0 Å². The Bertz CT molecular complexity index is 786. The number of hydrogen-bond acceptors (Lipinski definition) is 4. The number of hydrogen-bond donors (Lipinski definition) is 0. The minimum absolute atomic E-state index is 0.0809. The van der Waals surface area contributed by atoms with Crippen LogP contribution in [0.25, 0.3) is 10.8 Å². The van der Waals surface area contributed by atoms with Gasteiger partial charge in [0.25, 0.3) is 0 Å². The fourth-order valence-electron chi connectivity index (χ4n) is 2.43. The van der Waals surface area contributed by atoms with E-state index in [4.69, 9.17) is 10.7 Å². The van der Waals surface area contributed by atoms with Gasteiger partial charge < -0.3 is 4.90 Å². The average molecular weight is 311 g/mol. The molecule has 3 rings (SSSR count). The number of carbonyl (C=O) groups is 1. The normalized spacial score (nSPS) is 19.8. The molecule has 2 heterocycles. The van der Waals surface area contributed by atoms with E-state index in [-0.39, 0.29) is 18.9 Å². The van der Waals surface area contributed by atoms with Crippen molar-refractivity contribution in [3.63, 3.8) is 0 Å². The first-order valence-electron chi connectivity index (χ1n) is 6.03. The molecule has 1 aliphatic rings. The van der Waals surface area contributed by atoms with Crippen LogP contribution in [-0.2, 0) is 13.8 Å². The summed E-state index contributed by atoms with van der Waals surface area (Å²) in [6, 6.07) is 7.37. The van der Waals surface area contributed by atoms with Crippen molar-refractivity contribution >= 4 is 42.1 Å². The van der Waals surface area contributed by atoms with Crippen molar-refractivity contribution in [3.05, 3.63) is 36.7 Å². The monoisotopic (exact) mass is 310 g/mol. The van der Waals surface area contributed by atoms with Crippen LogP contribution in [0.15, 0.2) is 36.7 Å². The van der Waals surface area contributed by atoms with Gasteiger partial charge in [-0.1, -0.05) is 12.1 Å². The number of amides is 1. The zero-order valence-corrected chi connectivity index (χ0v) is 11.9. The molecule has 7 heteroatoms. The van der Waals surface area contributed by atoms with Crippen molar-refractivity contribution in [1.82, 2.24) is 4.98 Å². The Hall–Kier alpha value is -1.66. The van der Waals surface area contributed by atoms with Crippen LogP contribution in [0.4, 0.5) is 5.69 Å². The molecule has 20 heavy (non-hydrogen) atoms. The number of fused-ring (bicyclic) bond motifs is 1. The van der Waals surface area contributed by atoms with Crippen molar-refractivity contribution in [2.45, 2.75) is 11.7 Å². The standard InChI is InChI=1S/C13H11ClN2O3S/c14-20(18,19)10-6-13(17)16(8-10)12-3-1-2-9-4-5-15-7-11(9)12/h1-5,7,10H,6,8H2. The van der Waals surface area contributed by atoms with Gasteiger partial charge in [-0.25, -0.2) is 8.42 Å². The molecular formula is C13H11ClN2O3S. The molecule has 5 nitrogen and oxygen atoms in total. The van der Waals surface area contributed by atoms with Gasteiger partial charge in [0.2, 0.25) is 15.0 Å². The fraction of sp³-hybridized carbons (Fsp3) is 0.231. The van der Waals surface area contributed by atoms with Gasteiger partial charge in [-0.05, 0) is 17.5 Å². The van der Waals surface area contributed by atoms with E-state index in [1.165, 1.54) is 4.90 Å². The Kier molecular flexibility index (Phi) is 3.14. The van der Waals surface area contributed by atoms with E-state index in [9.17, 15) is 13.2 Å². The third-order valence-corrected chi connectivity index (χ3v) is 5.31. The van der Waals surface area contributed by atoms with E-state index in [0.29, 0.717) is 5.69 Å². The van der Waals surface area contributed by atoms with Crippen molar-refractivity contribution in [2.24, 2.45) is 0 Å². The Morgan fingerprint density at radius 2 is 2.10 bits per heavy atom. The maximum absolute atomic E-state index is 12.1. The molecule has 1 amide bonds. The van der Waals surface area contributed by atoms with Crippen LogP contribution in [0.2, 0.25) is 0 Å². The van der Waals surface area contributed by atoms with Crippen molar-refractivity contribution in [1.29, 1.82) is 0 Å². The minimum atomic E-state index is -3.74. The highest BCUT2D eigenvalue weighted by Crippen LogP contribution is 2.31. The third-order valence-electron chi connectivity index (χ3n) is 3.44. The van der Waals surface area contributed by atoms with Gasteiger partial charge in [0.1, 0.15) is 5.25 Å². The first-order chi connectivity index (χ1) is 9.47. The Morgan fingerprint density at radius 3 is 2.80 bits per heavy atom. The van der Waals surface area contributed by atoms with Gasteiger partial charge in [0.05, 0.1) is 5.69 Å². The highest BCUT2D eigenvalue weighted by atomic mass is 35.7. The van der Waals surface area contributed by atoms with E-state index < -0.39 is 14.3 Å². The van der Waals surface area contributed by atoms with Gasteiger partial charge >= 0.3 is 0 Å². The molecule has 104 valence electrons. The summed E-state index contributed by atoms with van der Waals surface area (Å²) in [6.07, 6.45) is 3.26. The number of aromatic nitrogens is 1. The molecule has 1 atom stereocenters. The van der Waals surface area contributed by atoms with Crippen LogP contribution < -0.4 is 4.90 Å². The molecule has 2 aromatic rings. The number of carbonyl (C=O) groups excluding carboxylic acids is 1.